The number of alkyl halides is 3. The first-order valence-electron chi connectivity index (χ1n) is 9.00. The molecule has 2 N–H and O–H groups in total. The van der Waals surface area contributed by atoms with Gasteiger partial charge >= 0.3 is 6.18 Å². The molecular weight excluding hydrogens is 465 g/mol. The molecule has 1 aromatic carbocycles. The summed E-state index contributed by atoms with van der Waals surface area (Å²) >= 11 is 4.82. The zero-order valence-electron chi connectivity index (χ0n) is 16.3. The number of fused-ring (bicyclic) bond motifs is 1. The summed E-state index contributed by atoms with van der Waals surface area (Å²) in [6.07, 6.45) is -2.33. The number of aliphatic hydroxyl groups is 1. The van der Waals surface area contributed by atoms with Crippen LogP contribution in [0.3, 0.4) is 0 Å². The van der Waals surface area contributed by atoms with E-state index in [1.54, 1.807) is 44.3 Å². The van der Waals surface area contributed by atoms with Gasteiger partial charge < -0.3 is 10.1 Å². The van der Waals surface area contributed by atoms with Gasteiger partial charge in [0.1, 0.15) is 0 Å². The summed E-state index contributed by atoms with van der Waals surface area (Å²) in [5.41, 5.74) is -2.08. The van der Waals surface area contributed by atoms with E-state index in [2.05, 4.69) is 25.9 Å². The highest BCUT2D eigenvalue weighted by Gasteiger charge is 2.56. The Labute approximate surface area is 180 Å². The van der Waals surface area contributed by atoms with Crippen LogP contribution in [0.25, 0.3) is 10.9 Å². The maximum absolute atomic E-state index is 14.0. The number of aromatic amines is 1. The maximum atomic E-state index is 14.0. The number of pyridine rings is 1. The van der Waals surface area contributed by atoms with Crippen LogP contribution in [0.4, 0.5) is 13.2 Å². The van der Waals surface area contributed by atoms with Gasteiger partial charge in [-0.3, -0.25) is 0 Å². The number of aromatic nitrogens is 2. The van der Waals surface area contributed by atoms with Crippen LogP contribution in [0, 0.1) is 0 Å². The number of benzene rings is 1. The van der Waals surface area contributed by atoms with Gasteiger partial charge in [-0.05, 0) is 47.9 Å². The molecule has 2 heterocycles. The lowest BCUT2D eigenvalue weighted by atomic mass is 9.73. The number of rotatable bonds is 6. The molecule has 156 valence electrons. The van der Waals surface area contributed by atoms with Crippen LogP contribution in [0.5, 0.6) is 0 Å². The molecule has 0 fully saturated rings. The molecule has 3 nitrogen and oxygen atoms in total. The van der Waals surface area contributed by atoms with Gasteiger partial charge in [0.2, 0.25) is 0 Å². The molecule has 0 aliphatic heterocycles. The van der Waals surface area contributed by atoms with Crippen molar-refractivity contribution in [2.45, 2.75) is 48.9 Å². The van der Waals surface area contributed by atoms with Gasteiger partial charge in [-0.25, -0.2) is 4.98 Å². The molecule has 1 atom stereocenters. The number of H-pyrrole nitrogens is 1. The Morgan fingerprint density at radius 2 is 1.90 bits per heavy atom. The largest absolute Gasteiger partial charge is 0.417 e. The average Bonchev–Trinajstić information content (AvgIpc) is 3.01. The fraction of sp³-hybridized carbons (Fsp3) is 0.381. The van der Waals surface area contributed by atoms with E-state index < -0.39 is 30.0 Å². The second-order valence-electron chi connectivity index (χ2n) is 7.89. The number of hydrogen-bond acceptors (Lipinski definition) is 3. The Morgan fingerprint density at radius 1 is 1.17 bits per heavy atom. The third-order valence-corrected chi connectivity index (χ3v) is 6.23. The van der Waals surface area contributed by atoms with Gasteiger partial charge in [0.05, 0.1) is 16.7 Å². The van der Waals surface area contributed by atoms with E-state index in [0.29, 0.717) is 11.2 Å². The fourth-order valence-electron chi connectivity index (χ4n) is 3.60. The van der Waals surface area contributed by atoms with Gasteiger partial charge in [0.25, 0.3) is 0 Å². The molecule has 3 rings (SSSR count). The van der Waals surface area contributed by atoms with Crippen molar-refractivity contribution in [3.8, 4) is 0 Å². The Morgan fingerprint density at radius 3 is 2.52 bits per heavy atom. The third-order valence-electron chi connectivity index (χ3n) is 5.10. The minimum Gasteiger partial charge on any atom is -0.380 e. The minimum absolute atomic E-state index is 0.324. The molecule has 2 aromatic heterocycles. The number of halogens is 4. The quantitative estimate of drug-likeness (QED) is 0.404. The predicted octanol–water partition coefficient (Wildman–Crippen LogP) is 6.25. The normalized spacial score (nSPS) is 14.9. The summed E-state index contributed by atoms with van der Waals surface area (Å²) in [4.78, 5) is 7.20. The number of nitrogens with zero attached hydrogens (tertiary/aromatic N) is 1. The molecule has 0 amide bonds. The predicted molar refractivity (Wildman–Crippen MR) is 114 cm³/mol. The van der Waals surface area contributed by atoms with Crippen LogP contribution < -0.4 is 0 Å². The molecule has 0 unspecified atom stereocenters. The standard InChI is InChI=1S/C21H22BrF3N2OS/c1-19(2,14-5-4-6-15(22)9-14)12-20(28,21(23,24)25)10-16-7-13-8-18(29-3)26-11-17(13)27-16/h4-9,11,27-28H,10,12H2,1-3H3/t20-/m0/s1. The molecule has 29 heavy (non-hydrogen) atoms. The van der Waals surface area contributed by atoms with Gasteiger partial charge in [-0.15, -0.1) is 11.8 Å². The molecule has 0 aliphatic rings. The first-order valence-corrected chi connectivity index (χ1v) is 11.0. The fourth-order valence-corrected chi connectivity index (χ4v) is 4.40. The lowest BCUT2D eigenvalue weighted by Gasteiger charge is -2.38. The van der Waals surface area contributed by atoms with E-state index in [4.69, 9.17) is 0 Å². The highest BCUT2D eigenvalue weighted by atomic mass is 79.9. The molecular formula is C21H22BrF3N2OS. The zero-order valence-corrected chi connectivity index (χ0v) is 18.7. The molecule has 0 saturated carbocycles. The smallest absolute Gasteiger partial charge is 0.380 e. The van der Waals surface area contributed by atoms with Crippen molar-refractivity contribution in [1.82, 2.24) is 9.97 Å². The van der Waals surface area contributed by atoms with Crippen LogP contribution in [0.2, 0.25) is 0 Å². The van der Waals surface area contributed by atoms with Crippen molar-refractivity contribution in [2.24, 2.45) is 0 Å². The van der Waals surface area contributed by atoms with Gasteiger partial charge in [-0.2, -0.15) is 13.2 Å². The van der Waals surface area contributed by atoms with Crippen molar-refractivity contribution in [2.75, 3.05) is 6.26 Å². The zero-order chi connectivity index (χ0) is 21.4. The first-order chi connectivity index (χ1) is 13.4. The van der Waals surface area contributed by atoms with Crippen LogP contribution >= 0.6 is 27.7 Å². The van der Waals surface area contributed by atoms with Gasteiger partial charge in [0, 0.05) is 22.0 Å². The maximum Gasteiger partial charge on any atom is 0.417 e. The van der Waals surface area contributed by atoms with E-state index >= 15 is 0 Å². The van der Waals surface area contributed by atoms with E-state index in [9.17, 15) is 18.3 Å². The summed E-state index contributed by atoms with van der Waals surface area (Å²) in [6.45, 7) is 3.43. The van der Waals surface area contributed by atoms with Crippen molar-refractivity contribution < 1.29 is 18.3 Å². The Balaban J connectivity index is 1.94. The number of hydrogen-bond donors (Lipinski definition) is 2. The lowest BCUT2D eigenvalue weighted by molar-refractivity contribution is -0.266. The number of nitrogens with one attached hydrogen (secondary N) is 1. The molecule has 8 heteroatoms. The highest BCUT2D eigenvalue weighted by molar-refractivity contribution is 9.10. The van der Waals surface area contributed by atoms with E-state index in [1.807, 2.05) is 18.4 Å². The third kappa shape index (κ3) is 4.81. The van der Waals surface area contributed by atoms with Crippen LogP contribution in [0.1, 0.15) is 31.5 Å². The second kappa shape index (κ2) is 7.96. The molecule has 0 aliphatic carbocycles. The van der Waals surface area contributed by atoms with Gasteiger partial charge in [-0.1, -0.05) is 41.9 Å². The molecule has 0 bridgehead atoms. The van der Waals surface area contributed by atoms with Crippen LogP contribution in [0.15, 0.2) is 52.1 Å². The Bertz CT molecular complexity index is 1020. The van der Waals surface area contributed by atoms with E-state index in [1.165, 1.54) is 11.8 Å². The second-order valence-corrected chi connectivity index (χ2v) is 9.63. The van der Waals surface area contributed by atoms with Crippen molar-refractivity contribution in [3.63, 3.8) is 0 Å². The molecule has 0 saturated heterocycles. The average molecular weight is 487 g/mol. The molecule has 3 aromatic rings. The summed E-state index contributed by atoms with van der Waals surface area (Å²) in [6, 6.07) is 10.6. The summed E-state index contributed by atoms with van der Waals surface area (Å²) in [7, 11) is 0. The van der Waals surface area contributed by atoms with E-state index in [0.717, 1.165) is 20.4 Å². The van der Waals surface area contributed by atoms with Gasteiger partial charge in [0.15, 0.2) is 5.60 Å². The van der Waals surface area contributed by atoms with Crippen molar-refractivity contribution >= 4 is 38.6 Å². The first kappa shape index (κ1) is 22.2. The number of thioether (sulfide) groups is 1. The Hall–Kier alpha value is -1.51. The topological polar surface area (TPSA) is 48.9 Å². The monoisotopic (exact) mass is 486 g/mol. The highest BCUT2D eigenvalue weighted by Crippen LogP contribution is 2.43. The molecule has 0 spiro atoms. The summed E-state index contributed by atoms with van der Waals surface area (Å²) in [5, 5.41) is 12.4. The molecule has 0 radical (unpaired) electrons. The summed E-state index contributed by atoms with van der Waals surface area (Å²) in [5.74, 6) is 0. The van der Waals surface area contributed by atoms with E-state index in [-0.39, 0.29) is 0 Å². The van der Waals surface area contributed by atoms with Crippen LogP contribution in [-0.2, 0) is 11.8 Å². The van der Waals surface area contributed by atoms with Crippen LogP contribution in [-0.4, -0.2) is 33.1 Å². The van der Waals surface area contributed by atoms with Crippen molar-refractivity contribution in [3.05, 3.63) is 58.3 Å². The van der Waals surface area contributed by atoms with Crippen molar-refractivity contribution in [1.29, 1.82) is 0 Å². The lowest BCUT2D eigenvalue weighted by Crippen LogP contribution is -2.50. The minimum atomic E-state index is -4.78. The summed E-state index contributed by atoms with van der Waals surface area (Å²) < 4.78 is 42.8. The Kier molecular flexibility index (Phi) is 6.09. The SMILES string of the molecule is CSc1cc2cc(C[C@](O)(CC(C)(C)c3cccc(Br)c3)C(F)(F)F)[nH]c2cn1.